The molecule has 4 nitrogen and oxygen atoms in total. The van der Waals surface area contributed by atoms with Crippen LogP contribution in [0.4, 0.5) is 0 Å². The zero-order chi connectivity index (χ0) is 14.8. The molecule has 1 aromatic carbocycles. The maximum Gasteiger partial charge on any atom is 0.166 e. The van der Waals surface area contributed by atoms with Crippen LogP contribution in [-0.2, 0) is 6.42 Å². The van der Waals surface area contributed by atoms with E-state index in [0.29, 0.717) is 11.7 Å². The Balaban J connectivity index is 2.13. The van der Waals surface area contributed by atoms with Crippen LogP contribution in [0.1, 0.15) is 38.2 Å². The average molecular weight is 296 g/mol. The molecule has 0 spiro atoms. The van der Waals surface area contributed by atoms with Gasteiger partial charge in [0.1, 0.15) is 0 Å². The van der Waals surface area contributed by atoms with Gasteiger partial charge >= 0.3 is 0 Å². The van der Waals surface area contributed by atoms with Crippen LogP contribution in [0.5, 0.6) is 11.5 Å². The quantitative estimate of drug-likeness (QED) is 0.337. The second-order valence-corrected chi connectivity index (χ2v) is 5.22. The van der Waals surface area contributed by atoms with Crippen LogP contribution in [0.15, 0.2) is 18.2 Å². The fourth-order valence-electron chi connectivity index (χ4n) is 1.86. The number of phenolic OH excluding ortho intramolecular Hbond substituents is 2. The third-order valence-corrected chi connectivity index (χ3v) is 3.34. The normalized spacial score (nSPS) is 10.2. The van der Waals surface area contributed by atoms with Crippen molar-refractivity contribution in [1.82, 2.24) is 10.6 Å². The van der Waals surface area contributed by atoms with E-state index in [4.69, 9.17) is 12.2 Å². The van der Waals surface area contributed by atoms with E-state index < -0.39 is 0 Å². The second-order valence-electron chi connectivity index (χ2n) is 4.82. The summed E-state index contributed by atoms with van der Waals surface area (Å²) < 4.78 is 0. The summed E-state index contributed by atoms with van der Waals surface area (Å²) in [6.45, 7) is 3.80. The van der Waals surface area contributed by atoms with Gasteiger partial charge in [-0.15, -0.1) is 0 Å². The molecular weight excluding hydrogens is 272 g/mol. The van der Waals surface area contributed by atoms with Crippen molar-refractivity contribution in [3.8, 4) is 11.5 Å². The first kappa shape index (κ1) is 16.6. The van der Waals surface area contributed by atoms with Crippen LogP contribution in [0.2, 0.25) is 0 Å². The Hall–Kier alpha value is -1.49. The molecule has 0 saturated heterocycles. The van der Waals surface area contributed by atoms with E-state index in [1.165, 1.54) is 25.3 Å². The number of hydrogen-bond donors (Lipinski definition) is 4. The lowest BCUT2D eigenvalue weighted by Crippen LogP contribution is -2.36. The van der Waals surface area contributed by atoms with Crippen molar-refractivity contribution in [3.05, 3.63) is 23.8 Å². The molecule has 0 aromatic heterocycles. The molecule has 0 heterocycles. The molecule has 0 atom stereocenters. The molecule has 0 saturated carbocycles. The Morgan fingerprint density at radius 1 is 1.05 bits per heavy atom. The van der Waals surface area contributed by atoms with Gasteiger partial charge in [-0.25, -0.2) is 0 Å². The van der Waals surface area contributed by atoms with Crippen molar-refractivity contribution in [1.29, 1.82) is 0 Å². The van der Waals surface area contributed by atoms with Gasteiger partial charge in [0.25, 0.3) is 0 Å². The Morgan fingerprint density at radius 2 is 1.80 bits per heavy atom. The molecule has 0 radical (unpaired) electrons. The summed E-state index contributed by atoms with van der Waals surface area (Å²) in [4.78, 5) is 0. The molecule has 112 valence electrons. The molecule has 1 aromatic rings. The van der Waals surface area contributed by atoms with E-state index in [1.54, 1.807) is 12.1 Å². The van der Waals surface area contributed by atoms with Crippen molar-refractivity contribution in [2.45, 2.75) is 39.0 Å². The molecule has 4 N–H and O–H groups in total. The van der Waals surface area contributed by atoms with Crippen LogP contribution in [0, 0.1) is 0 Å². The number of nitrogens with one attached hydrogen (secondary N) is 2. The van der Waals surface area contributed by atoms with Gasteiger partial charge in [0.15, 0.2) is 16.6 Å². The lowest BCUT2D eigenvalue weighted by atomic mass is 10.1. The van der Waals surface area contributed by atoms with Gasteiger partial charge in [-0.05, 0) is 42.8 Å². The van der Waals surface area contributed by atoms with Gasteiger partial charge < -0.3 is 20.8 Å². The second kappa shape index (κ2) is 9.42. The summed E-state index contributed by atoms with van der Waals surface area (Å²) in [6.07, 6.45) is 5.63. The minimum absolute atomic E-state index is 0.0841. The van der Waals surface area contributed by atoms with Crippen LogP contribution < -0.4 is 10.6 Å². The maximum absolute atomic E-state index is 9.39. The standard InChI is InChI=1S/C15H24N2O2S/c1-2-3-4-5-9-16-15(20)17-10-8-12-6-7-13(18)14(19)11-12/h6-7,11,18-19H,2-5,8-10H2,1H3,(H2,16,17,20). The minimum Gasteiger partial charge on any atom is -0.504 e. The monoisotopic (exact) mass is 296 g/mol. The Morgan fingerprint density at radius 3 is 2.50 bits per heavy atom. The van der Waals surface area contributed by atoms with E-state index in [0.717, 1.165) is 24.9 Å². The first-order valence-corrected chi connectivity index (χ1v) is 7.57. The smallest absolute Gasteiger partial charge is 0.166 e. The predicted molar refractivity (Wildman–Crippen MR) is 86.2 cm³/mol. The number of phenols is 2. The molecule has 0 aliphatic carbocycles. The third kappa shape index (κ3) is 6.61. The molecule has 0 amide bonds. The summed E-state index contributed by atoms with van der Waals surface area (Å²) >= 11 is 5.18. The SMILES string of the molecule is CCCCCCNC(=S)NCCc1ccc(O)c(O)c1. The third-order valence-electron chi connectivity index (χ3n) is 3.05. The molecule has 0 bridgehead atoms. The number of thiocarbonyl (C=S) groups is 1. The number of hydrogen-bond acceptors (Lipinski definition) is 3. The molecule has 20 heavy (non-hydrogen) atoms. The van der Waals surface area contributed by atoms with E-state index >= 15 is 0 Å². The summed E-state index contributed by atoms with van der Waals surface area (Å²) in [6, 6.07) is 4.85. The first-order valence-electron chi connectivity index (χ1n) is 7.16. The number of aromatic hydroxyl groups is 2. The molecule has 0 aliphatic heterocycles. The highest BCUT2D eigenvalue weighted by Gasteiger charge is 2.01. The molecule has 0 aliphatic rings. The van der Waals surface area contributed by atoms with Gasteiger partial charge in [-0.1, -0.05) is 32.3 Å². The Labute approximate surface area is 126 Å². The highest BCUT2D eigenvalue weighted by molar-refractivity contribution is 7.80. The molecule has 0 unspecified atom stereocenters. The topological polar surface area (TPSA) is 64.5 Å². The largest absolute Gasteiger partial charge is 0.504 e. The summed E-state index contributed by atoms with van der Waals surface area (Å²) in [5.74, 6) is -0.176. The summed E-state index contributed by atoms with van der Waals surface area (Å²) in [7, 11) is 0. The van der Waals surface area contributed by atoms with Crippen LogP contribution in [-0.4, -0.2) is 28.4 Å². The van der Waals surface area contributed by atoms with Gasteiger partial charge in [-0.2, -0.15) is 0 Å². The van der Waals surface area contributed by atoms with Gasteiger partial charge in [-0.3, -0.25) is 0 Å². The number of rotatable bonds is 8. The van der Waals surface area contributed by atoms with Gasteiger partial charge in [0.2, 0.25) is 0 Å². The van der Waals surface area contributed by atoms with E-state index in [2.05, 4.69) is 17.6 Å². The zero-order valence-corrected chi connectivity index (χ0v) is 12.8. The van der Waals surface area contributed by atoms with E-state index in [-0.39, 0.29) is 11.5 Å². The van der Waals surface area contributed by atoms with Crippen LogP contribution in [0.25, 0.3) is 0 Å². The van der Waals surface area contributed by atoms with Crippen molar-refractivity contribution in [3.63, 3.8) is 0 Å². The summed E-state index contributed by atoms with van der Waals surface area (Å²) in [5, 5.41) is 25.6. The Kier molecular flexibility index (Phi) is 7.80. The van der Waals surface area contributed by atoms with Crippen molar-refractivity contribution >= 4 is 17.3 Å². The van der Waals surface area contributed by atoms with Crippen LogP contribution in [0.3, 0.4) is 0 Å². The lowest BCUT2D eigenvalue weighted by molar-refractivity contribution is 0.403. The number of unbranched alkanes of at least 4 members (excludes halogenated alkanes) is 3. The van der Waals surface area contributed by atoms with E-state index in [1.807, 2.05) is 0 Å². The lowest BCUT2D eigenvalue weighted by Gasteiger charge is -2.10. The van der Waals surface area contributed by atoms with Crippen molar-refractivity contribution < 1.29 is 10.2 Å². The molecule has 0 fully saturated rings. The Bertz CT molecular complexity index is 424. The predicted octanol–water partition coefficient (Wildman–Crippen LogP) is 2.68. The van der Waals surface area contributed by atoms with E-state index in [9.17, 15) is 10.2 Å². The summed E-state index contributed by atoms with van der Waals surface area (Å²) in [5.41, 5.74) is 0.957. The molecule has 5 heteroatoms. The van der Waals surface area contributed by atoms with Crippen molar-refractivity contribution in [2.24, 2.45) is 0 Å². The fourth-order valence-corrected chi connectivity index (χ4v) is 2.07. The average Bonchev–Trinajstić information content (AvgIpc) is 2.42. The van der Waals surface area contributed by atoms with Gasteiger partial charge in [0.05, 0.1) is 0 Å². The highest BCUT2D eigenvalue weighted by atomic mass is 32.1. The van der Waals surface area contributed by atoms with Crippen LogP contribution >= 0.6 is 12.2 Å². The first-order chi connectivity index (χ1) is 9.63. The highest BCUT2D eigenvalue weighted by Crippen LogP contribution is 2.24. The maximum atomic E-state index is 9.39. The number of benzene rings is 1. The molecule has 1 rings (SSSR count). The zero-order valence-electron chi connectivity index (χ0n) is 12.0. The molecular formula is C15H24N2O2S. The minimum atomic E-state index is -0.0917. The fraction of sp³-hybridized carbons (Fsp3) is 0.533. The van der Waals surface area contributed by atoms with Crippen molar-refractivity contribution in [2.75, 3.05) is 13.1 Å². The van der Waals surface area contributed by atoms with Gasteiger partial charge in [0, 0.05) is 13.1 Å².